The van der Waals surface area contributed by atoms with Crippen LogP contribution in [0, 0.1) is 11.3 Å². The van der Waals surface area contributed by atoms with E-state index >= 15 is 0 Å². The number of nitrogens with zero attached hydrogens (tertiary/aromatic N) is 1. The van der Waals surface area contributed by atoms with Gasteiger partial charge in [-0.2, -0.15) is 5.26 Å². The van der Waals surface area contributed by atoms with Crippen LogP contribution in [-0.2, 0) is 4.79 Å². The smallest absolute Gasteiger partial charge is 0.133 e. The molecule has 2 atom stereocenters. The summed E-state index contributed by atoms with van der Waals surface area (Å²) in [6, 6.07) is 20.3. The van der Waals surface area contributed by atoms with Crippen molar-refractivity contribution >= 4 is 5.78 Å². The quantitative estimate of drug-likeness (QED) is 0.825. The van der Waals surface area contributed by atoms with Gasteiger partial charge in [-0.15, -0.1) is 0 Å². The lowest BCUT2D eigenvalue weighted by molar-refractivity contribution is -0.121. The number of hydrogen-bond acceptors (Lipinski definition) is 2. The molecule has 0 unspecified atom stereocenters. The third kappa shape index (κ3) is 2.87. The molecule has 0 heterocycles. The molecule has 1 saturated carbocycles. The van der Waals surface area contributed by atoms with Crippen LogP contribution in [0.4, 0.5) is 0 Å². The third-order valence-corrected chi connectivity index (χ3v) is 4.36. The number of Topliss-reactive ketones (excluding diaryl/α,β-unsaturated/α-hetero) is 1. The fraction of sp³-hybridized carbons (Fsp3) is 0.263. The van der Waals surface area contributed by atoms with Crippen molar-refractivity contribution in [2.75, 3.05) is 0 Å². The lowest BCUT2D eigenvalue weighted by Crippen LogP contribution is -2.22. The first-order valence-corrected chi connectivity index (χ1v) is 7.34. The van der Waals surface area contributed by atoms with Crippen molar-refractivity contribution in [2.45, 2.75) is 31.1 Å². The molecule has 2 aromatic carbocycles. The van der Waals surface area contributed by atoms with E-state index in [4.69, 9.17) is 5.26 Å². The van der Waals surface area contributed by atoms with Gasteiger partial charge in [0, 0.05) is 12.8 Å². The summed E-state index contributed by atoms with van der Waals surface area (Å²) in [4.78, 5) is 11.9. The van der Waals surface area contributed by atoms with Crippen LogP contribution in [0.1, 0.15) is 47.8 Å². The molecule has 1 aliphatic rings. The highest BCUT2D eigenvalue weighted by Crippen LogP contribution is 2.42. The standard InChI is InChI=1S/C19H17NO/c20-13-14-6-8-16(9-7-14)19-12-17(21)10-11-18(19)15-4-2-1-3-5-15/h1-9,18-19H,10-12H2/t18-,19-/m1/s1. The van der Waals surface area contributed by atoms with Gasteiger partial charge in [0.2, 0.25) is 0 Å². The summed E-state index contributed by atoms with van der Waals surface area (Å²) in [5.41, 5.74) is 3.13. The average Bonchev–Trinajstić information content (AvgIpc) is 2.56. The summed E-state index contributed by atoms with van der Waals surface area (Å²) in [5.74, 6) is 0.953. The number of nitriles is 1. The largest absolute Gasteiger partial charge is 0.300 e. The van der Waals surface area contributed by atoms with E-state index in [9.17, 15) is 4.79 Å². The molecule has 0 bridgehead atoms. The minimum Gasteiger partial charge on any atom is -0.300 e. The molecule has 104 valence electrons. The zero-order valence-electron chi connectivity index (χ0n) is 11.8. The molecule has 1 fully saturated rings. The van der Waals surface area contributed by atoms with Crippen LogP contribution >= 0.6 is 0 Å². The molecule has 2 heteroatoms. The van der Waals surface area contributed by atoms with Crippen molar-refractivity contribution in [3.05, 3.63) is 71.3 Å². The predicted molar refractivity (Wildman–Crippen MR) is 81.9 cm³/mol. The van der Waals surface area contributed by atoms with Crippen molar-refractivity contribution in [3.63, 3.8) is 0 Å². The van der Waals surface area contributed by atoms with Crippen molar-refractivity contribution in [1.29, 1.82) is 5.26 Å². The fourth-order valence-electron chi connectivity index (χ4n) is 3.26. The molecule has 21 heavy (non-hydrogen) atoms. The first kappa shape index (κ1) is 13.6. The predicted octanol–water partition coefficient (Wildman–Crippen LogP) is 4.18. The first-order chi connectivity index (χ1) is 10.3. The number of hydrogen-bond donors (Lipinski definition) is 0. The molecule has 3 rings (SSSR count). The van der Waals surface area contributed by atoms with E-state index < -0.39 is 0 Å². The van der Waals surface area contributed by atoms with E-state index in [1.54, 1.807) is 0 Å². The molecule has 0 spiro atoms. The molecule has 0 radical (unpaired) electrons. The van der Waals surface area contributed by atoms with Gasteiger partial charge in [0.15, 0.2) is 0 Å². The summed E-state index contributed by atoms with van der Waals surface area (Å²) in [5, 5.41) is 8.91. The molecule has 2 nitrogen and oxygen atoms in total. The zero-order chi connectivity index (χ0) is 14.7. The Hall–Kier alpha value is -2.40. The Kier molecular flexibility index (Phi) is 3.83. The summed E-state index contributed by atoms with van der Waals surface area (Å²) >= 11 is 0. The summed E-state index contributed by atoms with van der Waals surface area (Å²) in [6.07, 6.45) is 2.19. The highest BCUT2D eigenvalue weighted by Gasteiger charge is 2.31. The van der Waals surface area contributed by atoms with E-state index in [1.807, 2.05) is 30.3 Å². The normalized spacial score (nSPS) is 21.8. The molecule has 0 saturated heterocycles. The average molecular weight is 275 g/mol. The van der Waals surface area contributed by atoms with Crippen LogP contribution in [0.3, 0.4) is 0 Å². The van der Waals surface area contributed by atoms with Gasteiger partial charge in [-0.25, -0.2) is 0 Å². The Morgan fingerprint density at radius 3 is 2.24 bits per heavy atom. The second kappa shape index (κ2) is 5.93. The van der Waals surface area contributed by atoms with E-state index in [1.165, 1.54) is 5.56 Å². The molecule has 0 amide bonds. The van der Waals surface area contributed by atoms with Crippen LogP contribution in [0.15, 0.2) is 54.6 Å². The Morgan fingerprint density at radius 2 is 1.57 bits per heavy atom. The van der Waals surface area contributed by atoms with E-state index in [0.717, 1.165) is 12.0 Å². The van der Waals surface area contributed by atoms with Crippen LogP contribution < -0.4 is 0 Å². The number of benzene rings is 2. The van der Waals surface area contributed by atoms with Gasteiger partial charge in [-0.3, -0.25) is 4.79 Å². The third-order valence-electron chi connectivity index (χ3n) is 4.36. The van der Waals surface area contributed by atoms with Gasteiger partial charge in [0.05, 0.1) is 11.6 Å². The maximum absolute atomic E-state index is 11.9. The number of carbonyl (C=O) groups is 1. The maximum Gasteiger partial charge on any atom is 0.133 e. The molecular formula is C19H17NO. The Labute approximate surface area is 125 Å². The summed E-state index contributed by atoms with van der Waals surface area (Å²) in [7, 11) is 0. The van der Waals surface area contributed by atoms with E-state index in [0.29, 0.717) is 30.1 Å². The number of rotatable bonds is 2. The maximum atomic E-state index is 11.9. The number of carbonyl (C=O) groups excluding carboxylic acids is 1. The van der Waals surface area contributed by atoms with Gasteiger partial charge in [0.1, 0.15) is 5.78 Å². The molecule has 0 aromatic heterocycles. The van der Waals surface area contributed by atoms with Gasteiger partial charge >= 0.3 is 0 Å². The van der Waals surface area contributed by atoms with Crippen molar-refractivity contribution < 1.29 is 4.79 Å². The van der Waals surface area contributed by atoms with Crippen LogP contribution in [0.2, 0.25) is 0 Å². The van der Waals surface area contributed by atoms with Gasteiger partial charge < -0.3 is 0 Å². The Morgan fingerprint density at radius 1 is 0.905 bits per heavy atom. The van der Waals surface area contributed by atoms with Crippen molar-refractivity contribution in [1.82, 2.24) is 0 Å². The van der Waals surface area contributed by atoms with Gasteiger partial charge in [-0.05, 0) is 41.5 Å². The summed E-state index contributed by atoms with van der Waals surface area (Å²) in [6.45, 7) is 0. The van der Waals surface area contributed by atoms with Crippen molar-refractivity contribution in [3.8, 4) is 6.07 Å². The van der Waals surface area contributed by atoms with Crippen LogP contribution in [0.25, 0.3) is 0 Å². The highest BCUT2D eigenvalue weighted by molar-refractivity contribution is 5.80. The number of ketones is 1. The highest BCUT2D eigenvalue weighted by atomic mass is 16.1. The van der Waals surface area contributed by atoms with Gasteiger partial charge in [0.25, 0.3) is 0 Å². The molecule has 0 aliphatic heterocycles. The van der Waals surface area contributed by atoms with Gasteiger partial charge in [-0.1, -0.05) is 42.5 Å². The molecule has 0 N–H and O–H groups in total. The second-order valence-corrected chi connectivity index (χ2v) is 5.64. The summed E-state index contributed by atoms with van der Waals surface area (Å²) < 4.78 is 0. The first-order valence-electron chi connectivity index (χ1n) is 7.34. The van der Waals surface area contributed by atoms with Crippen LogP contribution in [-0.4, -0.2) is 5.78 Å². The van der Waals surface area contributed by atoms with E-state index in [2.05, 4.69) is 30.3 Å². The lowest BCUT2D eigenvalue weighted by Gasteiger charge is -2.31. The minimum absolute atomic E-state index is 0.224. The monoisotopic (exact) mass is 275 g/mol. The van der Waals surface area contributed by atoms with E-state index in [-0.39, 0.29) is 5.92 Å². The lowest BCUT2D eigenvalue weighted by atomic mass is 9.72. The molecule has 2 aromatic rings. The van der Waals surface area contributed by atoms with Crippen LogP contribution in [0.5, 0.6) is 0 Å². The minimum atomic E-state index is 0.224. The second-order valence-electron chi connectivity index (χ2n) is 5.64. The topological polar surface area (TPSA) is 40.9 Å². The Bertz CT molecular complexity index is 667. The molecular weight excluding hydrogens is 258 g/mol. The Balaban J connectivity index is 1.94. The molecule has 1 aliphatic carbocycles. The SMILES string of the molecule is N#Cc1ccc([C@H]2CC(=O)CC[C@@H]2c2ccccc2)cc1. The van der Waals surface area contributed by atoms with Crippen molar-refractivity contribution in [2.24, 2.45) is 0 Å². The zero-order valence-corrected chi connectivity index (χ0v) is 11.8. The fourth-order valence-corrected chi connectivity index (χ4v) is 3.26.